The van der Waals surface area contributed by atoms with Gasteiger partial charge in [0.2, 0.25) is 5.91 Å². The van der Waals surface area contributed by atoms with Crippen LogP contribution in [0.3, 0.4) is 0 Å². The Balaban J connectivity index is 1.62. The Hall–Kier alpha value is -1.03. The topological polar surface area (TPSA) is 23.6 Å². The molecule has 0 aromatic heterocycles. The first-order valence-corrected chi connectivity index (χ1v) is 8.40. The van der Waals surface area contributed by atoms with Crippen LogP contribution in [-0.4, -0.2) is 35.3 Å². The molecule has 20 heavy (non-hydrogen) atoms. The molecule has 2 aliphatic rings. The molecule has 3 nitrogen and oxygen atoms in total. The number of anilines is 1. The molecule has 1 atom stereocenters. The second-order valence-corrected chi connectivity index (χ2v) is 7.08. The quantitative estimate of drug-likeness (QED) is 0.791. The van der Waals surface area contributed by atoms with Crippen molar-refractivity contribution in [1.29, 1.82) is 0 Å². The van der Waals surface area contributed by atoms with Gasteiger partial charge >= 0.3 is 0 Å². The van der Waals surface area contributed by atoms with Gasteiger partial charge in [0, 0.05) is 43.1 Å². The fraction of sp³-hybridized carbons (Fsp3) is 0.562. The van der Waals surface area contributed by atoms with Crippen molar-refractivity contribution in [3.63, 3.8) is 0 Å². The van der Waals surface area contributed by atoms with E-state index in [4.69, 9.17) is 0 Å². The van der Waals surface area contributed by atoms with E-state index in [0.29, 0.717) is 11.2 Å². The van der Waals surface area contributed by atoms with Crippen LogP contribution in [0.15, 0.2) is 24.3 Å². The van der Waals surface area contributed by atoms with Crippen molar-refractivity contribution in [3.05, 3.63) is 29.8 Å². The average molecular weight is 337 g/mol. The van der Waals surface area contributed by atoms with Gasteiger partial charge in [-0.2, -0.15) is 0 Å². The van der Waals surface area contributed by atoms with Crippen LogP contribution in [-0.2, 0) is 11.3 Å². The molecule has 0 spiro atoms. The second kappa shape index (κ2) is 6.17. The molecule has 2 heterocycles. The minimum absolute atomic E-state index is 0.256. The van der Waals surface area contributed by atoms with Crippen molar-refractivity contribution < 1.29 is 4.79 Å². The molecule has 1 unspecified atom stereocenters. The normalized spacial score (nSPS) is 23.4. The molecule has 2 fully saturated rings. The molecule has 0 aliphatic carbocycles. The van der Waals surface area contributed by atoms with Gasteiger partial charge in [-0.15, -0.1) is 0 Å². The fourth-order valence-corrected chi connectivity index (χ4v) is 3.69. The number of alkyl halides is 1. The van der Waals surface area contributed by atoms with Crippen LogP contribution >= 0.6 is 15.9 Å². The summed E-state index contributed by atoms with van der Waals surface area (Å²) in [6, 6.07) is 8.73. The first-order chi connectivity index (χ1) is 9.72. The highest BCUT2D eigenvalue weighted by Gasteiger charge is 2.27. The fourth-order valence-electron chi connectivity index (χ4n) is 3.06. The summed E-state index contributed by atoms with van der Waals surface area (Å²) in [5, 5.41) is 0. The molecule has 0 N–H and O–H groups in total. The van der Waals surface area contributed by atoms with Crippen LogP contribution in [0.4, 0.5) is 5.69 Å². The zero-order chi connectivity index (χ0) is 13.9. The van der Waals surface area contributed by atoms with E-state index in [2.05, 4.69) is 45.1 Å². The van der Waals surface area contributed by atoms with Crippen LogP contribution in [0.5, 0.6) is 0 Å². The lowest BCUT2D eigenvalue weighted by Gasteiger charge is -2.29. The minimum Gasteiger partial charge on any atom is -0.372 e. The first kappa shape index (κ1) is 13.9. The molecule has 4 heteroatoms. The molecule has 0 saturated carbocycles. The number of amides is 1. The summed E-state index contributed by atoms with van der Waals surface area (Å²) in [4.78, 5) is 16.5. The predicted molar refractivity (Wildman–Crippen MR) is 85.3 cm³/mol. The maximum absolute atomic E-state index is 11.8. The van der Waals surface area contributed by atoms with Crippen molar-refractivity contribution in [2.24, 2.45) is 0 Å². The number of rotatable bonds is 3. The molecular weight excluding hydrogens is 316 g/mol. The van der Waals surface area contributed by atoms with E-state index in [9.17, 15) is 4.79 Å². The highest BCUT2D eigenvalue weighted by atomic mass is 79.9. The summed E-state index contributed by atoms with van der Waals surface area (Å²) in [5.41, 5.74) is 2.54. The van der Waals surface area contributed by atoms with Gasteiger partial charge < -0.3 is 9.80 Å². The maximum atomic E-state index is 11.8. The van der Waals surface area contributed by atoms with Crippen molar-refractivity contribution in [2.75, 3.05) is 24.5 Å². The molecule has 1 aromatic carbocycles. The average Bonchev–Trinajstić information content (AvgIpc) is 2.79. The van der Waals surface area contributed by atoms with Gasteiger partial charge in [-0.25, -0.2) is 0 Å². The summed E-state index contributed by atoms with van der Waals surface area (Å²) in [6.07, 6.45) is 4.60. The molecule has 1 aromatic rings. The lowest BCUT2D eigenvalue weighted by Crippen LogP contribution is -2.29. The van der Waals surface area contributed by atoms with Gasteiger partial charge in [-0.3, -0.25) is 4.79 Å². The number of halogens is 1. The van der Waals surface area contributed by atoms with Crippen molar-refractivity contribution in [3.8, 4) is 0 Å². The third-order valence-corrected chi connectivity index (χ3v) is 4.81. The smallest absolute Gasteiger partial charge is 0.224 e. The Labute approximate surface area is 129 Å². The number of likely N-dealkylation sites (tertiary alicyclic amines) is 1. The van der Waals surface area contributed by atoms with Gasteiger partial charge in [-0.1, -0.05) is 28.1 Å². The highest BCUT2D eigenvalue weighted by molar-refractivity contribution is 9.09. The second-order valence-electron chi connectivity index (χ2n) is 5.79. The Morgan fingerprint density at radius 3 is 2.40 bits per heavy atom. The minimum atomic E-state index is 0.256. The molecule has 2 saturated heterocycles. The molecule has 0 bridgehead atoms. The van der Waals surface area contributed by atoms with Crippen LogP contribution in [0.25, 0.3) is 0 Å². The van der Waals surface area contributed by atoms with E-state index in [0.717, 1.165) is 13.1 Å². The van der Waals surface area contributed by atoms with Gasteiger partial charge in [0.1, 0.15) is 0 Å². The van der Waals surface area contributed by atoms with E-state index >= 15 is 0 Å². The van der Waals surface area contributed by atoms with Crippen molar-refractivity contribution in [2.45, 2.75) is 37.1 Å². The monoisotopic (exact) mass is 336 g/mol. The highest BCUT2D eigenvalue weighted by Crippen LogP contribution is 2.23. The van der Waals surface area contributed by atoms with Gasteiger partial charge in [0.05, 0.1) is 0 Å². The molecule has 108 valence electrons. The van der Waals surface area contributed by atoms with Gasteiger partial charge in [-0.05, 0) is 37.0 Å². The van der Waals surface area contributed by atoms with Gasteiger partial charge in [0.15, 0.2) is 0 Å². The SMILES string of the molecule is O=C1CC(Br)CN1Cc1ccc(N2CCCCC2)cc1. The third kappa shape index (κ3) is 3.17. The molecule has 2 aliphatic heterocycles. The van der Waals surface area contributed by atoms with Crippen molar-refractivity contribution >= 4 is 27.5 Å². The summed E-state index contributed by atoms with van der Waals surface area (Å²) in [7, 11) is 0. The van der Waals surface area contributed by atoms with E-state index < -0.39 is 0 Å². The first-order valence-electron chi connectivity index (χ1n) is 7.48. The summed E-state index contributed by atoms with van der Waals surface area (Å²) in [6.45, 7) is 3.92. The summed E-state index contributed by atoms with van der Waals surface area (Å²) >= 11 is 3.53. The maximum Gasteiger partial charge on any atom is 0.224 e. The standard InChI is InChI=1S/C16H21BrN2O/c17-14-10-16(20)19(12-14)11-13-4-6-15(7-5-13)18-8-2-1-3-9-18/h4-7,14H,1-3,8-12H2. The molecular formula is C16H21BrN2O. The van der Waals surface area contributed by atoms with Crippen LogP contribution in [0.2, 0.25) is 0 Å². The van der Waals surface area contributed by atoms with E-state index in [-0.39, 0.29) is 5.91 Å². The number of carbonyl (C=O) groups excluding carboxylic acids is 1. The van der Waals surface area contributed by atoms with Crippen LogP contribution in [0.1, 0.15) is 31.2 Å². The molecule has 3 rings (SSSR count). The van der Waals surface area contributed by atoms with Crippen molar-refractivity contribution in [1.82, 2.24) is 4.90 Å². The number of piperidine rings is 1. The molecule has 0 radical (unpaired) electrons. The lowest BCUT2D eigenvalue weighted by atomic mass is 10.1. The lowest BCUT2D eigenvalue weighted by molar-refractivity contribution is -0.128. The zero-order valence-corrected chi connectivity index (χ0v) is 13.3. The Morgan fingerprint density at radius 1 is 1.10 bits per heavy atom. The Bertz CT molecular complexity index is 468. The van der Waals surface area contributed by atoms with Crippen LogP contribution in [0, 0.1) is 0 Å². The Kier molecular flexibility index (Phi) is 4.29. The van der Waals surface area contributed by atoms with E-state index in [1.807, 2.05) is 4.90 Å². The largest absolute Gasteiger partial charge is 0.372 e. The predicted octanol–water partition coefficient (Wildman–Crippen LogP) is 3.17. The summed E-state index contributed by atoms with van der Waals surface area (Å²) < 4.78 is 0. The van der Waals surface area contributed by atoms with E-state index in [1.165, 1.54) is 43.6 Å². The van der Waals surface area contributed by atoms with Crippen LogP contribution < -0.4 is 4.90 Å². The number of benzene rings is 1. The van der Waals surface area contributed by atoms with E-state index in [1.54, 1.807) is 0 Å². The van der Waals surface area contributed by atoms with Gasteiger partial charge in [0.25, 0.3) is 0 Å². The third-order valence-electron chi connectivity index (χ3n) is 4.20. The zero-order valence-electron chi connectivity index (χ0n) is 11.7. The number of hydrogen-bond donors (Lipinski definition) is 0. The summed E-state index contributed by atoms with van der Waals surface area (Å²) in [5.74, 6) is 0.256. The number of hydrogen-bond acceptors (Lipinski definition) is 2. The Morgan fingerprint density at radius 2 is 1.80 bits per heavy atom. The molecule has 1 amide bonds. The number of nitrogens with zero attached hydrogens (tertiary/aromatic N) is 2. The number of carbonyl (C=O) groups is 1.